The molecule has 1 aromatic carbocycles. The SMILES string of the molecule is COc1ccc(OC)c2c1C(=O)C(O)=C(O)C2=O. The van der Waals surface area contributed by atoms with Gasteiger partial charge in [-0.05, 0) is 12.1 Å². The van der Waals surface area contributed by atoms with Crippen LogP contribution >= 0.6 is 0 Å². The highest BCUT2D eigenvalue weighted by Crippen LogP contribution is 2.36. The summed E-state index contributed by atoms with van der Waals surface area (Å²) in [5, 5.41) is 18.8. The highest BCUT2D eigenvalue weighted by Gasteiger charge is 2.37. The molecule has 0 bridgehead atoms. The molecule has 1 aliphatic carbocycles. The van der Waals surface area contributed by atoms with Crippen molar-refractivity contribution in [2.75, 3.05) is 14.2 Å². The maximum atomic E-state index is 11.9. The zero-order chi connectivity index (χ0) is 13.4. The number of methoxy groups -OCH3 is 2. The maximum absolute atomic E-state index is 11.9. The standard InChI is InChI=1S/C12H10O6/c1-17-5-3-4-6(18-2)8-7(5)9(13)11(15)12(16)10(8)14/h3-4,15-16H,1-2H3. The topological polar surface area (TPSA) is 93.1 Å². The van der Waals surface area contributed by atoms with Crippen molar-refractivity contribution in [3.8, 4) is 11.5 Å². The van der Waals surface area contributed by atoms with E-state index in [1.165, 1.54) is 26.4 Å². The molecule has 0 spiro atoms. The monoisotopic (exact) mass is 250 g/mol. The molecule has 0 heterocycles. The molecule has 0 saturated carbocycles. The van der Waals surface area contributed by atoms with Crippen molar-refractivity contribution in [3.05, 3.63) is 34.8 Å². The molecule has 2 rings (SSSR count). The molecule has 6 heteroatoms. The first-order valence-electron chi connectivity index (χ1n) is 4.99. The van der Waals surface area contributed by atoms with Gasteiger partial charge in [-0.15, -0.1) is 0 Å². The van der Waals surface area contributed by atoms with E-state index in [2.05, 4.69) is 0 Å². The third-order valence-electron chi connectivity index (χ3n) is 2.68. The first kappa shape index (κ1) is 12.0. The van der Waals surface area contributed by atoms with Crippen LogP contribution in [0.4, 0.5) is 0 Å². The minimum atomic E-state index is -0.987. The molecule has 0 aliphatic heterocycles. The molecular weight excluding hydrogens is 240 g/mol. The molecule has 18 heavy (non-hydrogen) atoms. The maximum Gasteiger partial charge on any atom is 0.236 e. The van der Waals surface area contributed by atoms with Crippen LogP contribution in [-0.4, -0.2) is 36.0 Å². The van der Waals surface area contributed by atoms with E-state index in [4.69, 9.17) is 9.47 Å². The summed E-state index contributed by atoms with van der Waals surface area (Å²) < 4.78 is 9.94. The predicted molar refractivity (Wildman–Crippen MR) is 60.5 cm³/mol. The Morgan fingerprint density at radius 1 is 0.833 bits per heavy atom. The Morgan fingerprint density at radius 2 is 1.17 bits per heavy atom. The lowest BCUT2D eigenvalue weighted by atomic mass is 9.90. The second kappa shape index (κ2) is 4.06. The lowest BCUT2D eigenvalue weighted by Crippen LogP contribution is -2.23. The Kier molecular flexibility index (Phi) is 2.70. The number of hydrogen-bond donors (Lipinski definition) is 2. The lowest BCUT2D eigenvalue weighted by Gasteiger charge is -2.18. The van der Waals surface area contributed by atoms with Crippen LogP contribution < -0.4 is 9.47 Å². The van der Waals surface area contributed by atoms with Gasteiger partial charge in [-0.2, -0.15) is 0 Å². The van der Waals surface area contributed by atoms with Gasteiger partial charge in [0.2, 0.25) is 23.1 Å². The van der Waals surface area contributed by atoms with Crippen LogP contribution in [0.5, 0.6) is 11.5 Å². The average molecular weight is 250 g/mol. The summed E-state index contributed by atoms with van der Waals surface area (Å²) in [6.45, 7) is 0. The minimum Gasteiger partial charge on any atom is -0.501 e. The second-order valence-electron chi connectivity index (χ2n) is 3.58. The number of ether oxygens (including phenoxy) is 2. The van der Waals surface area contributed by atoms with Crippen molar-refractivity contribution >= 4 is 11.6 Å². The zero-order valence-electron chi connectivity index (χ0n) is 9.68. The molecule has 0 unspecified atom stereocenters. The van der Waals surface area contributed by atoms with Gasteiger partial charge in [-0.1, -0.05) is 0 Å². The molecule has 2 N–H and O–H groups in total. The van der Waals surface area contributed by atoms with E-state index >= 15 is 0 Å². The molecule has 0 radical (unpaired) electrons. The van der Waals surface area contributed by atoms with Gasteiger partial charge in [0, 0.05) is 0 Å². The first-order valence-corrected chi connectivity index (χ1v) is 4.99. The summed E-state index contributed by atoms with van der Waals surface area (Å²) in [4.78, 5) is 23.7. The van der Waals surface area contributed by atoms with Crippen molar-refractivity contribution < 1.29 is 29.3 Å². The summed E-state index contributed by atoms with van der Waals surface area (Å²) in [5.74, 6) is -3.47. The molecular formula is C12H10O6. The third-order valence-corrected chi connectivity index (χ3v) is 2.68. The van der Waals surface area contributed by atoms with Crippen LogP contribution in [0.3, 0.4) is 0 Å². The molecule has 0 saturated heterocycles. The van der Waals surface area contributed by atoms with Gasteiger partial charge in [0.05, 0.1) is 25.3 Å². The Bertz CT molecular complexity index is 533. The summed E-state index contributed by atoms with van der Waals surface area (Å²) >= 11 is 0. The van der Waals surface area contributed by atoms with Crippen molar-refractivity contribution in [1.29, 1.82) is 0 Å². The number of aliphatic hydroxyl groups excluding tert-OH is 2. The number of aliphatic hydroxyl groups is 2. The summed E-state index contributed by atoms with van der Waals surface area (Å²) in [7, 11) is 2.66. The summed E-state index contributed by atoms with van der Waals surface area (Å²) in [5.41, 5.74) is -0.227. The number of benzene rings is 1. The Hall–Kier alpha value is -2.50. The Balaban J connectivity index is 2.83. The molecule has 0 amide bonds. The highest BCUT2D eigenvalue weighted by molar-refractivity contribution is 6.27. The molecule has 6 nitrogen and oxygen atoms in total. The zero-order valence-corrected chi connectivity index (χ0v) is 9.68. The van der Waals surface area contributed by atoms with E-state index in [0.29, 0.717) is 0 Å². The smallest absolute Gasteiger partial charge is 0.236 e. The van der Waals surface area contributed by atoms with Crippen molar-refractivity contribution in [3.63, 3.8) is 0 Å². The van der Waals surface area contributed by atoms with Crippen LogP contribution in [0, 0.1) is 0 Å². The Morgan fingerprint density at radius 3 is 1.44 bits per heavy atom. The number of ketones is 2. The van der Waals surface area contributed by atoms with Gasteiger partial charge in [-0.3, -0.25) is 9.59 Å². The van der Waals surface area contributed by atoms with Crippen molar-refractivity contribution in [2.24, 2.45) is 0 Å². The third kappa shape index (κ3) is 1.42. The van der Waals surface area contributed by atoms with Gasteiger partial charge in [-0.25, -0.2) is 0 Å². The van der Waals surface area contributed by atoms with Crippen LogP contribution in [-0.2, 0) is 0 Å². The van der Waals surface area contributed by atoms with E-state index in [9.17, 15) is 19.8 Å². The quantitative estimate of drug-likeness (QED) is 0.824. The van der Waals surface area contributed by atoms with E-state index in [1.807, 2.05) is 0 Å². The average Bonchev–Trinajstić information content (AvgIpc) is 2.40. The number of carbonyl (C=O) groups is 2. The van der Waals surface area contributed by atoms with Crippen molar-refractivity contribution in [1.82, 2.24) is 0 Å². The summed E-state index contributed by atoms with van der Waals surface area (Å²) in [6.07, 6.45) is 0. The van der Waals surface area contributed by atoms with Gasteiger partial charge in [0.25, 0.3) is 0 Å². The molecule has 0 aromatic heterocycles. The Labute approximate surface area is 102 Å². The van der Waals surface area contributed by atoms with Gasteiger partial charge < -0.3 is 19.7 Å². The summed E-state index contributed by atoms with van der Waals surface area (Å²) in [6, 6.07) is 2.89. The number of allylic oxidation sites excluding steroid dienone is 2. The van der Waals surface area contributed by atoms with Gasteiger partial charge in [0.15, 0.2) is 0 Å². The van der Waals surface area contributed by atoms with Crippen LogP contribution in [0.15, 0.2) is 23.7 Å². The molecule has 1 aliphatic rings. The van der Waals surface area contributed by atoms with E-state index in [0.717, 1.165) is 0 Å². The van der Waals surface area contributed by atoms with Gasteiger partial charge in [0.1, 0.15) is 11.5 Å². The van der Waals surface area contributed by atoms with Crippen molar-refractivity contribution in [2.45, 2.75) is 0 Å². The van der Waals surface area contributed by atoms with Crippen LogP contribution in [0.2, 0.25) is 0 Å². The van der Waals surface area contributed by atoms with E-state index in [-0.39, 0.29) is 22.6 Å². The fourth-order valence-corrected chi connectivity index (χ4v) is 1.81. The number of Topliss-reactive ketones (excluding diaryl/α,β-unsaturated/α-hetero) is 2. The number of hydrogen-bond acceptors (Lipinski definition) is 6. The first-order chi connectivity index (χ1) is 8.52. The minimum absolute atomic E-state index is 0.114. The number of carbonyl (C=O) groups excluding carboxylic acids is 2. The largest absolute Gasteiger partial charge is 0.501 e. The number of rotatable bonds is 2. The normalized spacial score (nSPS) is 14.6. The predicted octanol–water partition coefficient (Wildman–Crippen LogP) is 1.41. The molecule has 94 valence electrons. The lowest BCUT2D eigenvalue weighted by molar-refractivity contribution is 0.0875. The van der Waals surface area contributed by atoms with Crippen LogP contribution in [0.1, 0.15) is 20.7 Å². The van der Waals surface area contributed by atoms with E-state index < -0.39 is 23.1 Å². The fraction of sp³-hybridized carbons (Fsp3) is 0.167. The fourth-order valence-electron chi connectivity index (χ4n) is 1.81. The van der Waals surface area contributed by atoms with Gasteiger partial charge >= 0.3 is 0 Å². The molecule has 0 fully saturated rings. The van der Waals surface area contributed by atoms with E-state index in [1.54, 1.807) is 0 Å². The highest BCUT2D eigenvalue weighted by atomic mass is 16.5. The molecule has 0 atom stereocenters. The second-order valence-corrected chi connectivity index (χ2v) is 3.58. The number of fused-ring (bicyclic) bond motifs is 1. The van der Waals surface area contributed by atoms with Crippen LogP contribution in [0.25, 0.3) is 0 Å². The molecule has 1 aromatic rings.